The Hall–Kier alpha value is -0.370. The molecule has 54 valence electrons. The number of allylic oxidation sites excluding steroid dienone is 1. The van der Waals surface area contributed by atoms with Gasteiger partial charge in [0.05, 0.1) is 0 Å². The molecule has 0 spiro atoms. The lowest BCUT2D eigenvalue weighted by Crippen LogP contribution is -2.14. The van der Waals surface area contributed by atoms with E-state index >= 15 is 0 Å². The summed E-state index contributed by atoms with van der Waals surface area (Å²) in [5, 5.41) is 5.24. The SMILES string of the molecule is C1=CSC(C2CCC2)=CN1. The summed E-state index contributed by atoms with van der Waals surface area (Å²) in [4.78, 5) is 1.52. The molecule has 1 nitrogen and oxygen atoms in total. The van der Waals surface area contributed by atoms with Gasteiger partial charge < -0.3 is 5.32 Å². The summed E-state index contributed by atoms with van der Waals surface area (Å²) >= 11 is 1.87. The van der Waals surface area contributed by atoms with Gasteiger partial charge in [-0.05, 0) is 24.2 Å². The first-order valence-electron chi connectivity index (χ1n) is 3.74. The van der Waals surface area contributed by atoms with E-state index < -0.39 is 0 Å². The molecule has 0 saturated heterocycles. The van der Waals surface area contributed by atoms with Crippen molar-refractivity contribution >= 4 is 11.8 Å². The molecule has 1 saturated carbocycles. The average Bonchev–Trinajstić information content (AvgIpc) is 1.86. The van der Waals surface area contributed by atoms with Gasteiger partial charge in [-0.25, -0.2) is 0 Å². The van der Waals surface area contributed by atoms with Crippen LogP contribution in [0.3, 0.4) is 0 Å². The van der Waals surface area contributed by atoms with Crippen molar-refractivity contribution in [2.75, 3.05) is 0 Å². The summed E-state index contributed by atoms with van der Waals surface area (Å²) in [6, 6.07) is 0. The highest BCUT2D eigenvalue weighted by Gasteiger charge is 2.21. The van der Waals surface area contributed by atoms with Crippen molar-refractivity contribution in [3.63, 3.8) is 0 Å². The van der Waals surface area contributed by atoms with Gasteiger partial charge in [-0.3, -0.25) is 0 Å². The number of rotatable bonds is 1. The van der Waals surface area contributed by atoms with Crippen LogP contribution in [-0.4, -0.2) is 0 Å². The number of thioether (sulfide) groups is 1. The summed E-state index contributed by atoms with van der Waals surface area (Å²) in [6.45, 7) is 0. The van der Waals surface area contributed by atoms with E-state index in [1.165, 1.54) is 24.2 Å². The topological polar surface area (TPSA) is 12.0 Å². The maximum absolute atomic E-state index is 3.12. The molecule has 0 atom stereocenters. The summed E-state index contributed by atoms with van der Waals surface area (Å²) in [7, 11) is 0. The van der Waals surface area contributed by atoms with Crippen LogP contribution in [0.4, 0.5) is 0 Å². The van der Waals surface area contributed by atoms with Gasteiger partial charge in [-0.2, -0.15) is 0 Å². The van der Waals surface area contributed by atoms with Crippen LogP contribution >= 0.6 is 11.8 Å². The molecule has 2 aliphatic rings. The van der Waals surface area contributed by atoms with E-state index in [0.717, 1.165) is 5.92 Å². The van der Waals surface area contributed by atoms with E-state index in [1.54, 1.807) is 0 Å². The van der Waals surface area contributed by atoms with E-state index in [0.29, 0.717) is 0 Å². The van der Waals surface area contributed by atoms with Gasteiger partial charge in [0, 0.05) is 17.3 Å². The molecule has 1 aliphatic carbocycles. The second-order valence-corrected chi connectivity index (χ2v) is 3.74. The Morgan fingerprint density at radius 2 is 2.40 bits per heavy atom. The number of hydrogen-bond donors (Lipinski definition) is 1. The highest BCUT2D eigenvalue weighted by molar-refractivity contribution is 8.05. The van der Waals surface area contributed by atoms with Gasteiger partial charge in [-0.1, -0.05) is 18.2 Å². The summed E-state index contributed by atoms with van der Waals surface area (Å²) in [5.41, 5.74) is 0. The van der Waals surface area contributed by atoms with Crippen molar-refractivity contribution < 1.29 is 0 Å². The fourth-order valence-corrected chi connectivity index (χ4v) is 2.09. The third kappa shape index (κ3) is 1.08. The van der Waals surface area contributed by atoms with Crippen LogP contribution < -0.4 is 5.32 Å². The van der Waals surface area contributed by atoms with Crippen LogP contribution in [0.15, 0.2) is 22.7 Å². The smallest absolute Gasteiger partial charge is 0.0107 e. The zero-order valence-corrected chi connectivity index (χ0v) is 6.66. The molecular weight excluding hydrogens is 142 g/mol. The molecule has 0 unspecified atom stereocenters. The minimum absolute atomic E-state index is 0.877. The fourth-order valence-electron chi connectivity index (χ4n) is 1.22. The van der Waals surface area contributed by atoms with E-state index in [4.69, 9.17) is 0 Å². The van der Waals surface area contributed by atoms with Crippen molar-refractivity contribution in [1.29, 1.82) is 0 Å². The summed E-state index contributed by atoms with van der Waals surface area (Å²) in [6.07, 6.45) is 8.33. The van der Waals surface area contributed by atoms with Gasteiger partial charge in [0.2, 0.25) is 0 Å². The summed E-state index contributed by atoms with van der Waals surface area (Å²) < 4.78 is 0. The van der Waals surface area contributed by atoms with Gasteiger partial charge in [0.1, 0.15) is 0 Å². The zero-order chi connectivity index (χ0) is 6.81. The van der Waals surface area contributed by atoms with Crippen molar-refractivity contribution in [2.45, 2.75) is 19.3 Å². The lowest BCUT2D eigenvalue weighted by atomic mass is 9.85. The molecule has 2 heteroatoms. The minimum Gasteiger partial charge on any atom is -0.366 e. The first-order valence-corrected chi connectivity index (χ1v) is 4.62. The first kappa shape index (κ1) is 6.35. The first-order chi connectivity index (χ1) is 4.97. The van der Waals surface area contributed by atoms with Gasteiger partial charge in [-0.15, -0.1) is 0 Å². The van der Waals surface area contributed by atoms with Crippen molar-refractivity contribution in [2.24, 2.45) is 5.92 Å². The molecule has 0 bridgehead atoms. The zero-order valence-electron chi connectivity index (χ0n) is 5.84. The number of hydrogen-bond acceptors (Lipinski definition) is 2. The van der Waals surface area contributed by atoms with Crippen LogP contribution in [-0.2, 0) is 0 Å². The van der Waals surface area contributed by atoms with Crippen molar-refractivity contribution in [3.8, 4) is 0 Å². The normalized spacial score (nSPS) is 25.0. The van der Waals surface area contributed by atoms with Gasteiger partial charge >= 0.3 is 0 Å². The average molecular weight is 153 g/mol. The van der Waals surface area contributed by atoms with Gasteiger partial charge in [0.25, 0.3) is 0 Å². The molecule has 0 aromatic rings. The van der Waals surface area contributed by atoms with E-state index in [-0.39, 0.29) is 0 Å². The molecule has 0 radical (unpaired) electrons. The standard InChI is InChI=1S/C8H11NS/c1-2-7(3-1)8-6-9-4-5-10-8/h4-7,9H,1-3H2. The molecule has 10 heavy (non-hydrogen) atoms. The van der Waals surface area contributed by atoms with Crippen LogP contribution in [0.2, 0.25) is 0 Å². The molecule has 0 amide bonds. The van der Waals surface area contributed by atoms with Crippen LogP contribution in [0.5, 0.6) is 0 Å². The van der Waals surface area contributed by atoms with Crippen molar-refractivity contribution in [1.82, 2.24) is 5.32 Å². The van der Waals surface area contributed by atoms with E-state index in [9.17, 15) is 0 Å². The molecule has 1 fully saturated rings. The second kappa shape index (κ2) is 2.70. The Bertz CT molecular complexity index is 180. The van der Waals surface area contributed by atoms with Gasteiger partial charge in [0.15, 0.2) is 0 Å². The van der Waals surface area contributed by atoms with E-state index in [2.05, 4.69) is 16.9 Å². The lowest BCUT2D eigenvalue weighted by Gasteiger charge is -2.27. The molecule has 1 N–H and O–H groups in total. The maximum atomic E-state index is 3.12. The van der Waals surface area contributed by atoms with E-state index in [1.807, 2.05) is 18.0 Å². The Morgan fingerprint density at radius 1 is 1.50 bits per heavy atom. The third-order valence-corrected chi connectivity index (χ3v) is 3.10. The highest BCUT2D eigenvalue weighted by atomic mass is 32.2. The second-order valence-electron chi connectivity index (χ2n) is 2.76. The van der Waals surface area contributed by atoms with Crippen LogP contribution in [0.1, 0.15) is 19.3 Å². The molecular formula is C8H11NS. The summed E-state index contributed by atoms with van der Waals surface area (Å²) in [5.74, 6) is 0.877. The largest absolute Gasteiger partial charge is 0.366 e. The number of nitrogens with one attached hydrogen (secondary N) is 1. The molecule has 2 rings (SSSR count). The molecule has 1 heterocycles. The predicted octanol–water partition coefficient (Wildman–Crippen LogP) is 2.44. The lowest BCUT2D eigenvalue weighted by molar-refractivity contribution is 0.381. The van der Waals surface area contributed by atoms with Crippen LogP contribution in [0, 0.1) is 5.92 Å². The Labute approximate surface area is 65.6 Å². The molecule has 0 aromatic heterocycles. The van der Waals surface area contributed by atoms with Crippen LogP contribution in [0.25, 0.3) is 0 Å². The highest BCUT2D eigenvalue weighted by Crippen LogP contribution is 2.39. The third-order valence-electron chi connectivity index (χ3n) is 2.10. The molecule has 0 aromatic carbocycles. The Balaban J connectivity index is 1.96. The Kier molecular flexibility index (Phi) is 1.72. The minimum atomic E-state index is 0.877. The Morgan fingerprint density at radius 3 is 2.90 bits per heavy atom. The monoisotopic (exact) mass is 153 g/mol. The maximum Gasteiger partial charge on any atom is 0.0107 e. The quantitative estimate of drug-likeness (QED) is 0.621. The molecule has 1 aliphatic heterocycles. The fraction of sp³-hybridized carbons (Fsp3) is 0.500. The van der Waals surface area contributed by atoms with Crippen molar-refractivity contribution in [3.05, 3.63) is 22.7 Å². The predicted molar refractivity (Wildman–Crippen MR) is 45.3 cm³/mol.